The summed E-state index contributed by atoms with van der Waals surface area (Å²) in [5.41, 5.74) is 0.894. The van der Waals surface area contributed by atoms with E-state index in [1.54, 1.807) is 26.0 Å². The van der Waals surface area contributed by atoms with Crippen LogP contribution in [-0.4, -0.2) is 48.1 Å². The number of halogens is 2. The van der Waals surface area contributed by atoms with E-state index in [0.717, 1.165) is 5.56 Å². The first kappa shape index (κ1) is 21.9. The van der Waals surface area contributed by atoms with Gasteiger partial charge in [0.15, 0.2) is 0 Å². The lowest BCUT2D eigenvalue weighted by molar-refractivity contribution is -0.0876. The lowest BCUT2D eigenvalue weighted by Crippen LogP contribution is -2.31. The molecule has 2 atom stereocenters. The molecule has 9 heteroatoms. The molecule has 3 N–H and O–H groups in total. The number of rotatable bonds is 11. The average Bonchev–Trinajstić information content (AvgIpc) is 2.50. The standard InChI is InChI=1S/C15H24Cl2NO5P/c1-3-22-15(23-4-2)24(20,21)10-12(19)9-18-8-11-5-6-13(16)14(17)7-11/h5-7,12,15,18-19H,3-4,8-10H2,1-2H3,(H,20,21). The number of hydrogen-bond acceptors (Lipinski definition) is 5. The molecule has 6 nitrogen and oxygen atoms in total. The van der Waals surface area contributed by atoms with Crippen molar-refractivity contribution in [1.82, 2.24) is 5.32 Å². The minimum Gasteiger partial charge on any atom is -0.391 e. The fourth-order valence-electron chi connectivity index (χ4n) is 2.05. The molecule has 0 aliphatic heterocycles. The number of nitrogens with one attached hydrogen (secondary N) is 1. The van der Waals surface area contributed by atoms with Gasteiger partial charge in [0.1, 0.15) is 0 Å². The van der Waals surface area contributed by atoms with Crippen molar-refractivity contribution in [3.63, 3.8) is 0 Å². The molecule has 0 spiro atoms. The third kappa shape index (κ3) is 7.38. The first-order chi connectivity index (χ1) is 11.3. The van der Waals surface area contributed by atoms with E-state index in [1.165, 1.54) is 0 Å². The molecule has 0 aliphatic carbocycles. The fourth-order valence-corrected chi connectivity index (χ4v) is 4.04. The molecular formula is C15H24Cl2NO5P. The van der Waals surface area contributed by atoms with E-state index >= 15 is 0 Å². The SMILES string of the molecule is CCOC(OCC)P(=O)(O)CC(O)CNCc1ccc(Cl)c(Cl)c1. The van der Waals surface area contributed by atoms with Gasteiger partial charge in [0.2, 0.25) is 6.03 Å². The Balaban J connectivity index is 2.47. The normalized spacial score (nSPS) is 15.5. The maximum Gasteiger partial charge on any atom is 0.257 e. The van der Waals surface area contributed by atoms with Gasteiger partial charge in [-0.15, -0.1) is 0 Å². The molecule has 138 valence electrons. The van der Waals surface area contributed by atoms with Gasteiger partial charge in [0.05, 0.1) is 22.3 Å². The maximum atomic E-state index is 12.3. The van der Waals surface area contributed by atoms with E-state index in [0.29, 0.717) is 16.6 Å². The average molecular weight is 400 g/mol. The van der Waals surface area contributed by atoms with Crippen LogP contribution in [0.2, 0.25) is 10.0 Å². The molecule has 0 fully saturated rings. The van der Waals surface area contributed by atoms with Crippen LogP contribution in [0.15, 0.2) is 18.2 Å². The first-order valence-electron chi connectivity index (χ1n) is 7.67. The van der Waals surface area contributed by atoms with Gasteiger partial charge in [0, 0.05) is 26.3 Å². The number of ether oxygens (including phenoxy) is 2. The van der Waals surface area contributed by atoms with Crippen molar-refractivity contribution in [2.45, 2.75) is 32.5 Å². The van der Waals surface area contributed by atoms with Crippen LogP contribution in [0, 0.1) is 0 Å². The highest BCUT2D eigenvalue weighted by molar-refractivity contribution is 7.58. The molecule has 0 radical (unpaired) electrons. The summed E-state index contributed by atoms with van der Waals surface area (Å²) >= 11 is 11.8. The smallest absolute Gasteiger partial charge is 0.257 e. The summed E-state index contributed by atoms with van der Waals surface area (Å²) in [6.07, 6.45) is -1.32. The highest BCUT2D eigenvalue weighted by atomic mass is 35.5. The van der Waals surface area contributed by atoms with E-state index in [-0.39, 0.29) is 25.9 Å². The second-order valence-electron chi connectivity index (χ2n) is 5.19. The molecule has 1 rings (SSSR count). The van der Waals surface area contributed by atoms with E-state index in [4.69, 9.17) is 32.7 Å². The summed E-state index contributed by atoms with van der Waals surface area (Å²) in [6, 6.07) is 4.01. The summed E-state index contributed by atoms with van der Waals surface area (Å²) in [5, 5.41) is 13.9. The molecule has 0 aliphatic rings. The molecule has 1 aromatic carbocycles. The van der Waals surface area contributed by atoms with Crippen molar-refractivity contribution in [3.05, 3.63) is 33.8 Å². The van der Waals surface area contributed by atoms with Crippen molar-refractivity contribution >= 4 is 30.6 Å². The van der Waals surface area contributed by atoms with Crippen LogP contribution in [0.5, 0.6) is 0 Å². The quantitative estimate of drug-likeness (QED) is 0.391. The summed E-state index contributed by atoms with van der Waals surface area (Å²) in [5.74, 6) is 0. The lowest BCUT2D eigenvalue weighted by atomic mass is 10.2. The van der Waals surface area contributed by atoms with Gasteiger partial charge < -0.3 is 24.8 Å². The number of aliphatic hydroxyl groups is 1. The summed E-state index contributed by atoms with van der Waals surface area (Å²) in [4.78, 5) is 10.1. The highest BCUT2D eigenvalue weighted by Gasteiger charge is 2.34. The Kier molecular flexibility index (Phi) is 9.79. The number of benzene rings is 1. The van der Waals surface area contributed by atoms with E-state index in [1.807, 2.05) is 6.07 Å². The molecule has 0 heterocycles. The predicted octanol–water partition coefficient (Wildman–Crippen LogP) is 3.07. The highest BCUT2D eigenvalue weighted by Crippen LogP contribution is 2.47. The van der Waals surface area contributed by atoms with E-state index in [2.05, 4.69) is 5.32 Å². The zero-order valence-corrected chi connectivity index (χ0v) is 16.2. The minimum absolute atomic E-state index is 0.149. The van der Waals surface area contributed by atoms with Crippen LogP contribution in [0.3, 0.4) is 0 Å². The predicted molar refractivity (Wildman–Crippen MR) is 95.9 cm³/mol. The zero-order chi connectivity index (χ0) is 18.2. The van der Waals surface area contributed by atoms with Gasteiger partial charge in [-0.25, -0.2) is 0 Å². The summed E-state index contributed by atoms with van der Waals surface area (Å²) in [6.45, 7) is 4.52. The topological polar surface area (TPSA) is 88.0 Å². The van der Waals surface area contributed by atoms with Gasteiger partial charge in [-0.1, -0.05) is 29.3 Å². The molecule has 24 heavy (non-hydrogen) atoms. The molecule has 0 amide bonds. The fraction of sp³-hybridized carbons (Fsp3) is 0.600. The Morgan fingerprint density at radius 1 is 1.21 bits per heavy atom. The van der Waals surface area contributed by atoms with Gasteiger partial charge in [-0.3, -0.25) is 4.57 Å². The maximum absolute atomic E-state index is 12.3. The molecule has 2 unspecified atom stereocenters. The Bertz CT molecular complexity index is 555. The van der Waals surface area contributed by atoms with Gasteiger partial charge in [-0.2, -0.15) is 0 Å². The van der Waals surface area contributed by atoms with Crippen molar-refractivity contribution < 1.29 is 24.0 Å². The Morgan fingerprint density at radius 2 is 1.83 bits per heavy atom. The van der Waals surface area contributed by atoms with Crippen molar-refractivity contribution in [1.29, 1.82) is 0 Å². The minimum atomic E-state index is -3.79. The van der Waals surface area contributed by atoms with Crippen LogP contribution in [-0.2, 0) is 20.6 Å². The summed E-state index contributed by atoms with van der Waals surface area (Å²) < 4.78 is 22.6. The van der Waals surface area contributed by atoms with Gasteiger partial charge >= 0.3 is 0 Å². The molecule has 1 aromatic rings. The third-order valence-corrected chi connectivity index (χ3v) is 5.75. The van der Waals surface area contributed by atoms with Crippen LogP contribution >= 0.6 is 30.6 Å². The van der Waals surface area contributed by atoms with Crippen LogP contribution in [0.25, 0.3) is 0 Å². The van der Waals surface area contributed by atoms with Gasteiger partial charge in [0.25, 0.3) is 7.37 Å². The van der Waals surface area contributed by atoms with E-state index in [9.17, 15) is 14.6 Å². The number of aliphatic hydroxyl groups excluding tert-OH is 1. The molecule has 0 aromatic heterocycles. The molecular weight excluding hydrogens is 376 g/mol. The third-order valence-electron chi connectivity index (χ3n) is 3.11. The van der Waals surface area contributed by atoms with Gasteiger partial charge in [-0.05, 0) is 31.5 Å². The largest absolute Gasteiger partial charge is 0.391 e. The van der Waals surface area contributed by atoms with Crippen LogP contribution < -0.4 is 5.32 Å². The second-order valence-corrected chi connectivity index (χ2v) is 8.30. The zero-order valence-electron chi connectivity index (χ0n) is 13.7. The Hall–Kier alpha value is -0.170. The van der Waals surface area contributed by atoms with Crippen molar-refractivity contribution in [3.8, 4) is 0 Å². The Labute approximate surface area is 152 Å². The number of hydrogen-bond donors (Lipinski definition) is 3. The molecule has 0 saturated carbocycles. The van der Waals surface area contributed by atoms with Crippen LogP contribution in [0.1, 0.15) is 19.4 Å². The van der Waals surface area contributed by atoms with Crippen molar-refractivity contribution in [2.75, 3.05) is 25.9 Å². The lowest BCUT2D eigenvalue weighted by Gasteiger charge is -2.24. The van der Waals surface area contributed by atoms with Crippen LogP contribution in [0.4, 0.5) is 0 Å². The molecule has 0 saturated heterocycles. The molecule has 0 bridgehead atoms. The Morgan fingerprint density at radius 3 is 2.38 bits per heavy atom. The second kappa shape index (κ2) is 10.7. The summed E-state index contributed by atoms with van der Waals surface area (Å²) in [7, 11) is -3.79. The monoisotopic (exact) mass is 399 g/mol. The van der Waals surface area contributed by atoms with E-state index < -0.39 is 19.5 Å². The van der Waals surface area contributed by atoms with Crippen molar-refractivity contribution in [2.24, 2.45) is 0 Å². The first-order valence-corrected chi connectivity index (χ1v) is 10.3.